The molecule has 1 saturated heterocycles. The summed E-state index contributed by atoms with van der Waals surface area (Å²) in [6, 6.07) is 4.81. The van der Waals surface area contributed by atoms with Crippen molar-refractivity contribution in [1.29, 1.82) is 0 Å². The van der Waals surface area contributed by atoms with Crippen molar-refractivity contribution in [3.05, 3.63) is 32.8 Å². The number of halogens is 1. The normalized spacial score (nSPS) is 18.1. The van der Waals surface area contributed by atoms with E-state index >= 15 is 0 Å². The predicted molar refractivity (Wildman–Crippen MR) is 84.4 cm³/mol. The van der Waals surface area contributed by atoms with Gasteiger partial charge in [-0.1, -0.05) is 17.8 Å². The van der Waals surface area contributed by atoms with Gasteiger partial charge >= 0.3 is 5.69 Å². The van der Waals surface area contributed by atoms with Gasteiger partial charge in [-0.15, -0.1) is 0 Å². The van der Waals surface area contributed by atoms with Crippen LogP contribution in [0.5, 0.6) is 0 Å². The zero-order chi connectivity index (χ0) is 15.6. The van der Waals surface area contributed by atoms with Gasteiger partial charge in [-0.05, 0) is 34.0 Å². The fourth-order valence-electron chi connectivity index (χ4n) is 2.26. The standard InChI is InChI=1S/C13H13BrN2O4S/c1-8(17)21-7-9-5-12(18)15(6-9)11-4-2-3-10(14)13(11)16(19)20/h2-4,9H,5-7H2,1H3. The molecule has 1 unspecified atom stereocenters. The minimum Gasteiger partial charge on any atom is -0.306 e. The lowest BCUT2D eigenvalue weighted by molar-refractivity contribution is -0.384. The number of benzene rings is 1. The van der Waals surface area contributed by atoms with Gasteiger partial charge in [-0.3, -0.25) is 19.7 Å². The Labute approximate surface area is 134 Å². The number of nitro groups is 1. The highest BCUT2D eigenvalue weighted by molar-refractivity contribution is 9.10. The molecule has 0 radical (unpaired) electrons. The van der Waals surface area contributed by atoms with E-state index in [0.717, 1.165) is 0 Å². The zero-order valence-corrected chi connectivity index (χ0v) is 13.6. The van der Waals surface area contributed by atoms with Crippen LogP contribution in [0.1, 0.15) is 13.3 Å². The molecule has 0 aromatic heterocycles. The Kier molecular flexibility index (Phi) is 5.00. The molecule has 0 N–H and O–H groups in total. The quantitative estimate of drug-likeness (QED) is 0.599. The van der Waals surface area contributed by atoms with Gasteiger partial charge < -0.3 is 4.90 Å². The van der Waals surface area contributed by atoms with E-state index < -0.39 is 4.92 Å². The second kappa shape index (κ2) is 6.57. The first-order valence-corrected chi connectivity index (χ1v) is 8.04. The fraction of sp³-hybridized carbons (Fsp3) is 0.385. The lowest BCUT2D eigenvalue weighted by Crippen LogP contribution is -2.25. The zero-order valence-electron chi connectivity index (χ0n) is 11.2. The Morgan fingerprint density at radius 3 is 2.90 bits per heavy atom. The van der Waals surface area contributed by atoms with E-state index in [1.54, 1.807) is 18.2 Å². The van der Waals surface area contributed by atoms with Crippen molar-refractivity contribution in [2.45, 2.75) is 13.3 Å². The molecule has 1 aromatic rings. The van der Waals surface area contributed by atoms with E-state index in [1.807, 2.05) is 0 Å². The Bertz CT molecular complexity index is 608. The largest absolute Gasteiger partial charge is 0.307 e. The molecule has 6 nitrogen and oxygen atoms in total. The Morgan fingerprint density at radius 2 is 2.29 bits per heavy atom. The van der Waals surface area contributed by atoms with E-state index in [9.17, 15) is 19.7 Å². The van der Waals surface area contributed by atoms with Crippen molar-refractivity contribution in [1.82, 2.24) is 0 Å². The molecule has 0 bridgehead atoms. The van der Waals surface area contributed by atoms with Crippen molar-refractivity contribution in [2.24, 2.45) is 5.92 Å². The van der Waals surface area contributed by atoms with E-state index in [-0.39, 0.29) is 22.6 Å². The van der Waals surface area contributed by atoms with Gasteiger partial charge in [0.2, 0.25) is 5.91 Å². The molecular formula is C13H13BrN2O4S. The number of nitrogens with zero attached hydrogens (tertiary/aromatic N) is 2. The molecule has 21 heavy (non-hydrogen) atoms. The van der Waals surface area contributed by atoms with Gasteiger partial charge in [-0.2, -0.15) is 0 Å². The van der Waals surface area contributed by atoms with Crippen LogP contribution in [-0.2, 0) is 9.59 Å². The van der Waals surface area contributed by atoms with Crippen LogP contribution in [0.3, 0.4) is 0 Å². The van der Waals surface area contributed by atoms with Gasteiger partial charge in [0.25, 0.3) is 0 Å². The number of thioether (sulfide) groups is 1. The Hall–Kier alpha value is -1.41. The van der Waals surface area contributed by atoms with E-state index in [1.165, 1.54) is 23.6 Å². The minimum atomic E-state index is -0.496. The molecule has 1 heterocycles. The van der Waals surface area contributed by atoms with Crippen molar-refractivity contribution in [3.8, 4) is 0 Å². The molecule has 0 saturated carbocycles. The van der Waals surface area contributed by atoms with Gasteiger partial charge in [0.1, 0.15) is 5.69 Å². The van der Waals surface area contributed by atoms with Crippen molar-refractivity contribution in [2.75, 3.05) is 17.2 Å². The number of hydrogen-bond acceptors (Lipinski definition) is 5. The van der Waals surface area contributed by atoms with E-state index in [4.69, 9.17) is 0 Å². The topological polar surface area (TPSA) is 80.5 Å². The highest BCUT2D eigenvalue weighted by atomic mass is 79.9. The van der Waals surface area contributed by atoms with Crippen LogP contribution >= 0.6 is 27.7 Å². The molecule has 0 aliphatic carbocycles. The number of nitro benzene ring substituents is 1. The number of anilines is 1. The average Bonchev–Trinajstić information content (AvgIpc) is 2.76. The lowest BCUT2D eigenvalue weighted by Gasteiger charge is -2.17. The molecule has 1 fully saturated rings. The summed E-state index contributed by atoms with van der Waals surface area (Å²) in [5.74, 6) is 0.440. The highest BCUT2D eigenvalue weighted by Crippen LogP contribution is 2.38. The smallest absolute Gasteiger partial charge is 0.306 e. The van der Waals surface area contributed by atoms with Crippen molar-refractivity contribution >= 4 is 50.1 Å². The number of amides is 1. The summed E-state index contributed by atoms with van der Waals surface area (Å²) in [6.07, 6.45) is 0.309. The fourth-order valence-corrected chi connectivity index (χ4v) is 3.46. The van der Waals surface area contributed by atoms with Crippen LogP contribution < -0.4 is 4.90 Å². The SMILES string of the molecule is CC(=O)SCC1CC(=O)N(c2cccc(Br)c2[N+](=O)[O-])C1. The lowest BCUT2D eigenvalue weighted by atomic mass is 10.1. The summed E-state index contributed by atoms with van der Waals surface area (Å²) in [5.41, 5.74) is 0.195. The first kappa shape index (κ1) is 16.0. The number of carbonyl (C=O) groups excluding carboxylic acids is 2. The maximum atomic E-state index is 12.1. The maximum Gasteiger partial charge on any atom is 0.307 e. The molecule has 1 aliphatic heterocycles. The van der Waals surface area contributed by atoms with Gasteiger partial charge in [-0.25, -0.2) is 0 Å². The third kappa shape index (κ3) is 3.62. The summed E-state index contributed by atoms with van der Waals surface area (Å²) in [6.45, 7) is 1.88. The summed E-state index contributed by atoms with van der Waals surface area (Å²) < 4.78 is 0.347. The molecule has 1 amide bonds. The average molecular weight is 373 g/mol. The minimum absolute atomic E-state index is 0.00864. The van der Waals surface area contributed by atoms with Crippen LogP contribution in [0.4, 0.5) is 11.4 Å². The third-order valence-corrected chi connectivity index (χ3v) is 4.85. The summed E-state index contributed by atoms with van der Waals surface area (Å²) in [5, 5.41) is 11.2. The molecule has 0 spiro atoms. The van der Waals surface area contributed by atoms with Crippen molar-refractivity contribution < 1.29 is 14.5 Å². The second-order valence-electron chi connectivity index (χ2n) is 4.74. The molecule has 8 heteroatoms. The first-order valence-electron chi connectivity index (χ1n) is 6.26. The van der Waals surface area contributed by atoms with E-state index in [2.05, 4.69) is 15.9 Å². The summed E-state index contributed by atoms with van der Waals surface area (Å²) >= 11 is 4.33. The maximum absolute atomic E-state index is 12.1. The monoisotopic (exact) mass is 372 g/mol. The first-order chi connectivity index (χ1) is 9.90. The summed E-state index contributed by atoms with van der Waals surface area (Å²) in [4.78, 5) is 35.2. The number of rotatable bonds is 4. The van der Waals surface area contributed by atoms with Crippen LogP contribution in [0.25, 0.3) is 0 Å². The molecule has 1 aliphatic rings. The van der Waals surface area contributed by atoms with Gasteiger partial charge in [0.05, 0.1) is 9.40 Å². The molecule has 2 rings (SSSR count). The number of hydrogen-bond donors (Lipinski definition) is 0. The predicted octanol–water partition coefficient (Wildman–Crippen LogP) is 2.99. The third-order valence-electron chi connectivity index (χ3n) is 3.17. The second-order valence-corrected chi connectivity index (χ2v) is 6.79. The molecule has 1 atom stereocenters. The van der Waals surface area contributed by atoms with Gasteiger partial charge in [0.15, 0.2) is 5.12 Å². The Morgan fingerprint density at radius 1 is 1.57 bits per heavy atom. The van der Waals surface area contributed by atoms with Gasteiger partial charge in [0, 0.05) is 25.6 Å². The van der Waals surface area contributed by atoms with Crippen LogP contribution in [0.2, 0.25) is 0 Å². The molecule has 112 valence electrons. The van der Waals surface area contributed by atoms with Crippen LogP contribution in [0, 0.1) is 16.0 Å². The van der Waals surface area contributed by atoms with E-state index in [0.29, 0.717) is 28.9 Å². The molecular weight excluding hydrogens is 360 g/mol. The number of carbonyl (C=O) groups is 2. The molecule has 1 aromatic carbocycles. The highest BCUT2D eigenvalue weighted by Gasteiger charge is 2.35. The number of para-hydroxylation sites is 1. The van der Waals surface area contributed by atoms with Crippen molar-refractivity contribution in [3.63, 3.8) is 0 Å². The summed E-state index contributed by atoms with van der Waals surface area (Å²) in [7, 11) is 0. The Balaban J connectivity index is 2.23. The van der Waals surface area contributed by atoms with Crippen LogP contribution in [0.15, 0.2) is 22.7 Å². The van der Waals surface area contributed by atoms with Crippen LogP contribution in [-0.4, -0.2) is 28.2 Å².